The van der Waals surface area contributed by atoms with E-state index in [4.69, 9.17) is 18.7 Å². The molecule has 0 aliphatic carbocycles. The van der Waals surface area contributed by atoms with Crippen molar-refractivity contribution in [3.63, 3.8) is 0 Å². The molecule has 0 aliphatic rings. The molecule has 0 atom stereocenters. The van der Waals surface area contributed by atoms with Crippen LogP contribution < -0.4 is 14.2 Å². The summed E-state index contributed by atoms with van der Waals surface area (Å²) >= 11 is 0. The lowest BCUT2D eigenvalue weighted by Gasteiger charge is -2.11. The summed E-state index contributed by atoms with van der Waals surface area (Å²) in [6, 6.07) is 9.93. The zero-order valence-corrected chi connectivity index (χ0v) is 17.3. The van der Waals surface area contributed by atoms with Gasteiger partial charge in [0, 0.05) is 18.7 Å². The number of pyridine rings is 1. The van der Waals surface area contributed by atoms with Gasteiger partial charge in [-0.2, -0.15) is 0 Å². The summed E-state index contributed by atoms with van der Waals surface area (Å²) in [6.07, 6.45) is 1.52. The van der Waals surface area contributed by atoms with Crippen molar-refractivity contribution in [1.29, 1.82) is 0 Å². The Labute approximate surface area is 172 Å². The molecule has 0 amide bonds. The first-order chi connectivity index (χ1) is 14.5. The molecule has 0 saturated carbocycles. The first-order valence-electron chi connectivity index (χ1n) is 8.88. The Hall–Kier alpha value is -3.37. The number of ether oxygens (including phenoxy) is 3. The fourth-order valence-electron chi connectivity index (χ4n) is 3.27. The maximum absolute atomic E-state index is 13.2. The molecule has 0 fully saturated rings. The van der Waals surface area contributed by atoms with Gasteiger partial charge in [0.15, 0.2) is 11.4 Å². The van der Waals surface area contributed by atoms with E-state index in [2.05, 4.69) is 14.9 Å². The smallest absolute Gasteiger partial charge is 0.265 e. The van der Waals surface area contributed by atoms with E-state index < -0.39 is 10.0 Å². The molecule has 2 aromatic heterocycles. The minimum Gasteiger partial charge on any atom is -0.496 e. The Morgan fingerprint density at radius 2 is 1.87 bits per heavy atom. The van der Waals surface area contributed by atoms with Gasteiger partial charge in [-0.1, -0.05) is 5.16 Å². The number of hydrogen-bond acceptors (Lipinski definition) is 8. The first kappa shape index (κ1) is 19.9. The molecule has 10 heteroatoms. The summed E-state index contributed by atoms with van der Waals surface area (Å²) in [5.74, 6) is 0.957. The van der Waals surface area contributed by atoms with Crippen molar-refractivity contribution in [3.05, 3.63) is 48.2 Å². The molecular formula is C20H19N3O6S. The highest BCUT2D eigenvalue weighted by Gasteiger charge is 2.24. The number of sulfonamides is 1. The Morgan fingerprint density at radius 1 is 1.07 bits per heavy atom. The lowest BCUT2D eigenvalue weighted by Crippen LogP contribution is -2.14. The number of hydrogen-bond donors (Lipinski definition) is 1. The minimum absolute atomic E-state index is 0.00924. The van der Waals surface area contributed by atoms with Crippen LogP contribution in [0.25, 0.3) is 21.9 Å². The molecule has 4 aromatic rings. The second kappa shape index (κ2) is 7.81. The van der Waals surface area contributed by atoms with Crippen molar-refractivity contribution in [1.82, 2.24) is 10.1 Å². The van der Waals surface area contributed by atoms with Crippen LogP contribution in [0.4, 0.5) is 5.82 Å². The lowest BCUT2D eigenvalue weighted by atomic mass is 10.1. The molecule has 0 unspecified atom stereocenters. The highest BCUT2D eigenvalue weighted by Crippen LogP contribution is 2.36. The van der Waals surface area contributed by atoms with Crippen LogP contribution >= 0.6 is 0 Å². The lowest BCUT2D eigenvalue weighted by molar-refractivity contribution is 0.184. The fraction of sp³-hybridized carbons (Fsp3) is 0.200. The number of nitrogens with one attached hydrogen (secondary N) is 1. The van der Waals surface area contributed by atoms with Gasteiger partial charge in [0.2, 0.25) is 0 Å². The number of nitrogens with zero attached hydrogens (tertiary/aromatic N) is 2. The number of fused-ring (bicyclic) bond motifs is 2. The Kier molecular flexibility index (Phi) is 5.18. The van der Waals surface area contributed by atoms with Crippen molar-refractivity contribution in [2.45, 2.75) is 11.5 Å². The highest BCUT2D eigenvalue weighted by atomic mass is 32.2. The Balaban J connectivity index is 1.82. The quantitative estimate of drug-likeness (QED) is 0.476. The largest absolute Gasteiger partial charge is 0.496 e. The molecule has 30 heavy (non-hydrogen) atoms. The minimum atomic E-state index is -4.04. The number of anilines is 1. The van der Waals surface area contributed by atoms with Gasteiger partial charge in [-0.3, -0.25) is 9.71 Å². The second-order valence-electron chi connectivity index (χ2n) is 6.41. The first-order valence-corrected chi connectivity index (χ1v) is 10.4. The summed E-state index contributed by atoms with van der Waals surface area (Å²) in [7, 11) is 0.528. The summed E-state index contributed by atoms with van der Waals surface area (Å²) in [6.45, 7) is 0.345. The van der Waals surface area contributed by atoms with Crippen LogP contribution in [-0.2, 0) is 21.4 Å². The molecule has 0 spiro atoms. The topological polar surface area (TPSA) is 113 Å². The maximum Gasteiger partial charge on any atom is 0.265 e. The third-order valence-corrected chi connectivity index (χ3v) is 5.93. The average molecular weight is 429 g/mol. The van der Waals surface area contributed by atoms with Gasteiger partial charge < -0.3 is 18.7 Å². The van der Waals surface area contributed by atoms with E-state index in [9.17, 15) is 8.42 Å². The van der Waals surface area contributed by atoms with Crippen molar-refractivity contribution >= 4 is 37.7 Å². The van der Waals surface area contributed by atoms with Gasteiger partial charge in [-0.05, 0) is 42.0 Å². The Bertz CT molecular complexity index is 1330. The van der Waals surface area contributed by atoms with E-state index in [0.717, 1.165) is 5.56 Å². The van der Waals surface area contributed by atoms with Crippen molar-refractivity contribution < 1.29 is 27.2 Å². The summed E-state index contributed by atoms with van der Waals surface area (Å²) in [5, 5.41) is 4.89. The number of rotatable bonds is 7. The Morgan fingerprint density at radius 3 is 2.60 bits per heavy atom. The van der Waals surface area contributed by atoms with Crippen LogP contribution in [0.15, 0.2) is 52.0 Å². The number of aromatic nitrogens is 2. The molecule has 0 radical (unpaired) electrons. The molecule has 0 saturated heterocycles. The van der Waals surface area contributed by atoms with E-state index in [0.29, 0.717) is 34.5 Å². The van der Waals surface area contributed by atoms with E-state index >= 15 is 0 Å². The monoisotopic (exact) mass is 429 g/mol. The van der Waals surface area contributed by atoms with E-state index in [1.54, 1.807) is 37.4 Å². The molecule has 0 bridgehead atoms. The molecule has 2 heterocycles. The third-order valence-electron chi connectivity index (χ3n) is 4.56. The second-order valence-corrected chi connectivity index (χ2v) is 8.06. The average Bonchev–Trinajstić information content (AvgIpc) is 3.14. The predicted molar refractivity (Wildman–Crippen MR) is 110 cm³/mol. The van der Waals surface area contributed by atoms with E-state index in [-0.39, 0.29) is 16.2 Å². The molecule has 2 aromatic carbocycles. The van der Waals surface area contributed by atoms with E-state index in [1.807, 2.05) is 0 Å². The van der Waals surface area contributed by atoms with Crippen molar-refractivity contribution in [2.24, 2.45) is 0 Å². The van der Waals surface area contributed by atoms with Crippen LogP contribution in [0.3, 0.4) is 0 Å². The molecule has 4 rings (SSSR count). The van der Waals surface area contributed by atoms with E-state index in [1.165, 1.54) is 26.5 Å². The van der Waals surface area contributed by atoms with Gasteiger partial charge >= 0.3 is 0 Å². The molecule has 0 aliphatic heterocycles. The molecular weight excluding hydrogens is 410 g/mol. The van der Waals surface area contributed by atoms with Crippen LogP contribution in [0.1, 0.15) is 5.56 Å². The standard InChI is InChI=1S/C20H19N3O6S/c1-26-11-12-9-15(28-3)18-16(10-12)29-22-20(18)23-30(24,25)17-7-6-14(27-2)13-5-4-8-21-19(13)17/h4-10H,11H2,1-3H3,(H,22,23). The maximum atomic E-state index is 13.2. The third kappa shape index (κ3) is 3.40. The van der Waals surface area contributed by atoms with Gasteiger partial charge in [0.1, 0.15) is 21.8 Å². The number of methoxy groups -OCH3 is 3. The zero-order chi connectivity index (χ0) is 21.3. The van der Waals surface area contributed by atoms with Gasteiger partial charge in [-0.15, -0.1) is 0 Å². The molecule has 9 nitrogen and oxygen atoms in total. The van der Waals surface area contributed by atoms with Crippen LogP contribution in [0, 0.1) is 0 Å². The van der Waals surface area contributed by atoms with Gasteiger partial charge in [0.25, 0.3) is 10.0 Å². The normalized spacial score (nSPS) is 11.7. The number of benzene rings is 2. The zero-order valence-electron chi connectivity index (χ0n) is 16.5. The summed E-state index contributed by atoms with van der Waals surface area (Å²) in [4.78, 5) is 4.22. The van der Waals surface area contributed by atoms with Crippen molar-refractivity contribution in [2.75, 3.05) is 26.1 Å². The van der Waals surface area contributed by atoms with Crippen LogP contribution in [0.2, 0.25) is 0 Å². The summed E-state index contributed by atoms with van der Waals surface area (Å²) in [5.41, 5.74) is 1.46. The summed E-state index contributed by atoms with van der Waals surface area (Å²) < 4.78 is 50.1. The van der Waals surface area contributed by atoms with Gasteiger partial charge in [0.05, 0.1) is 26.3 Å². The SMILES string of the molecule is COCc1cc(OC)c2c(NS(=O)(=O)c3ccc(OC)c4cccnc34)noc2c1. The van der Waals surface area contributed by atoms with Crippen molar-refractivity contribution in [3.8, 4) is 11.5 Å². The fourth-order valence-corrected chi connectivity index (χ4v) is 4.44. The molecule has 156 valence electrons. The van der Waals surface area contributed by atoms with Crippen LogP contribution in [0.5, 0.6) is 11.5 Å². The van der Waals surface area contributed by atoms with Crippen LogP contribution in [-0.4, -0.2) is 39.9 Å². The predicted octanol–water partition coefficient (Wildman–Crippen LogP) is 3.34. The van der Waals surface area contributed by atoms with Gasteiger partial charge in [-0.25, -0.2) is 8.42 Å². The highest BCUT2D eigenvalue weighted by molar-refractivity contribution is 7.93. The molecule has 1 N–H and O–H groups in total.